The van der Waals surface area contributed by atoms with Gasteiger partial charge < -0.3 is 15.2 Å². The van der Waals surface area contributed by atoms with Gasteiger partial charge in [-0.1, -0.05) is 11.6 Å². The van der Waals surface area contributed by atoms with Gasteiger partial charge >= 0.3 is 0 Å². The first-order chi connectivity index (χ1) is 10.2. The fraction of sp³-hybridized carbons (Fsp3) is 0.625. The predicted molar refractivity (Wildman–Crippen MR) is 84.1 cm³/mol. The van der Waals surface area contributed by atoms with Crippen LogP contribution in [0.4, 0.5) is 0 Å². The van der Waals surface area contributed by atoms with Crippen molar-refractivity contribution in [2.45, 2.75) is 32.4 Å². The molecule has 0 aromatic heterocycles. The summed E-state index contributed by atoms with van der Waals surface area (Å²) in [6.07, 6.45) is 2.44. The Morgan fingerprint density at radius 2 is 2.10 bits per heavy atom. The molecular weight excluding hydrogens is 288 g/mol. The van der Waals surface area contributed by atoms with Gasteiger partial charge in [-0.15, -0.1) is 0 Å². The molecule has 2 aliphatic rings. The Morgan fingerprint density at radius 1 is 1.29 bits per heavy atom. The second kappa shape index (κ2) is 6.42. The van der Waals surface area contributed by atoms with Gasteiger partial charge in [-0.2, -0.15) is 0 Å². The number of likely N-dealkylation sites (tertiary alicyclic amines) is 1. The van der Waals surface area contributed by atoms with Gasteiger partial charge in [0.2, 0.25) is 0 Å². The Bertz CT molecular complexity index is 509. The number of nitrogens with two attached hydrogens (primary N) is 1. The standard InChI is InChI=1S/C16H23ClN2O2/c1-11-2-3-12(8-18)9-19(11)10-13-6-14(17)16-15(7-13)20-4-5-21-16/h6-7,11-12H,2-5,8-10,18H2,1H3. The van der Waals surface area contributed by atoms with Crippen LogP contribution in [0.5, 0.6) is 11.5 Å². The Hall–Kier alpha value is -0.970. The van der Waals surface area contributed by atoms with Crippen LogP contribution >= 0.6 is 11.6 Å². The van der Waals surface area contributed by atoms with Crippen molar-refractivity contribution in [3.8, 4) is 11.5 Å². The third-order valence-corrected chi connectivity index (χ3v) is 4.77. The molecule has 21 heavy (non-hydrogen) atoms. The van der Waals surface area contributed by atoms with E-state index in [1.807, 2.05) is 6.07 Å². The van der Waals surface area contributed by atoms with Crippen molar-refractivity contribution in [2.75, 3.05) is 26.3 Å². The topological polar surface area (TPSA) is 47.7 Å². The maximum atomic E-state index is 6.31. The number of halogens is 1. The predicted octanol–water partition coefficient (Wildman–Crippen LogP) is 2.67. The summed E-state index contributed by atoms with van der Waals surface area (Å²) in [6, 6.07) is 4.63. The van der Waals surface area contributed by atoms with Crippen LogP contribution < -0.4 is 15.2 Å². The summed E-state index contributed by atoms with van der Waals surface area (Å²) in [5, 5.41) is 0.641. The first-order valence-corrected chi connectivity index (χ1v) is 8.07. The number of hydrogen-bond acceptors (Lipinski definition) is 4. The fourth-order valence-electron chi connectivity index (χ4n) is 3.17. The van der Waals surface area contributed by atoms with E-state index in [4.69, 9.17) is 26.8 Å². The molecule has 0 amide bonds. The lowest BCUT2D eigenvalue weighted by Crippen LogP contribution is -2.43. The SMILES string of the molecule is CC1CCC(CN)CN1Cc1cc(Cl)c2c(c1)OCCO2. The number of hydrogen-bond donors (Lipinski definition) is 1. The van der Waals surface area contributed by atoms with Gasteiger partial charge in [0, 0.05) is 19.1 Å². The van der Waals surface area contributed by atoms with E-state index in [1.165, 1.54) is 18.4 Å². The van der Waals surface area contributed by atoms with Crippen LogP contribution in [0, 0.1) is 5.92 Å². The van der Waals surface area contributed by atoms with Crippen LogP contribution in [-0.4, -0.2) is 37.2 Å². The molecule has 1 saturated heterocycles. The van der Waals surface area contributed by atoms with E-state index in [-0.39, 0.29) is 0 Å². The molecule has 2 atom stereocenters. The molecule has 0 spiro atoms. The highest BCUT2D eigenvalue weighted by atomic mass is 35.5. The minimum Gasteiger partial charge on any atom is -0.486 e. The molecule has 2 N–H and O–H groups in total. The van der Waals surface area contributed by atoms with Crippen molar-refractivity contribution < 1.29 is 9.47 Å². The number of nitrogens with zero attached hydrogens (tertiary/aromatic N) is 1. The lowest BCUT2D eigenvalue weighted by Gasteiger charge is -2.37. The van der Waals surface area contributed by atoms with Crippen molar-refractivity contribution in [3.63, 3.8) is 0 Å². The Morgan fingerprint density at radius 3 is 2.90 bits per heavy atom. The molecule has 3 rings (SSSR count). The van der Waals surface area contributed by atoms with E-state index in [9.17, 15) is 0 Å². The molecule has 0 radical (unpaired) electrons. The van der Waals surface area contributed by atoms with Crippen LogP contribution in [0.3, 0.4) is 0 Å². The zero-order valence-electron chi connectivity index (χ0n) is 12.5. The molecule has 5 heteroatoms. The van der Waals surface area contributed by atoms with Crippen molar-refractivity contribution in [1.29, 1.82) is 0 Å². The minimum atomic E-state index is 0.563. The number of rotatable bonds is 3. The van der Waals surface area contributed by atoms with Gasteiger partial charge in [0.05, 0.1) is 5.02 Å². The van der Waals surface area contributed by atoms with Crippen molar-refractivity contribution in [2.24, 2.45) is 11.7 Å². The lowest BCUT2D eigenvalue weighted by molar-refractivity contribution is 0.113. The number of piperidine rings is 1. The largest absolute Gasteiger partial charge is 0.486 e. The maximum absolute atomic E-state index is 6.31. The summed E-state index contributed by atoms with van der Waals surface area (Å²) in [7, 11) is 0. The molecule has 0 saturated carbocycles. The summed E-state index contributed by atoms with van der Waals surface area (Å²) < 4.78 is 11.2. The van der Waals surface area contributed by atoms with E-state index in [1.54, 1.807) is 0 Å². The monoisotopic (exact) mass is 310 g/mol. The van der Waals surface area contributed by atoms with Gasteiger partial charge in [0.25, 0.3) is 0 Å². The average molecular weight is 311 g/mol. The summed E-state index contributed by atoms with van der Waals surface area (Å²) in [6.45, 7) is 6.14. The van der Waals surface area contributed by atoms with E-state index in [2.05, 4.69) is 17.9 Å². The molecule has 0 bridgehead atoms. The Kier molecular flexibility index (Phi) is 4.57. The molecule has 1 aromatic rings. The molecule has 1 fully saturated rings. The van der Waals surface area contributed by atoms with Crippen LogP contribution in [0.15, 0.2) is 12.1 Å². The normalized spacial score (nSPS) is 25.9. The molecular formula is C16H23ClN2O2. The van der Waals surface area contributed by atoms with Gasteiger partial charge in [0.1, 0.15) is 13.2 Å². The molecule has 2 heterocycles. The smallest absolute Gasteiger partial charge is 0.179 e. The Balaban J connectivity index is 1.76. The van der Waals surface area contributed by atoms with E-state index < -0.39 is 0 Å². The second-order valence-electron chi connectivity index (χ2n) is 6.06. The van der Waals surface area contributed by atoms with Crippen LogP contribution in [0.2, 0.25) is 5.02 Å². The van der Waals surface area contributed by atoms with E-state index in [0.717, 1.165) is 25.4 Å². The zero-order chi connectivity index (χ0) is 14.8. The second-order valence-corrected chi connectivity index (χ2v) is 6.47. The highest BCUT2D eigenvalue weighted by molar-refractivity contribution is 6.32. The van der Waals surface area contributed by atoms with E-state index >= 15 is 0 Å². The summed E-state index contributed by atoms with van der Waals surface area (Å²) in [4.78, 5) is 2.49. The summed E-state index contributed by atoms with van der Waals surface area (Å²) in [5.41, 5.74) is 7.01. The highest BCUT2D eigenvalue weighted by Gasteiger charge is 2.25. The van der Waals surface area contributed by atoms with Crippen LogP contribution in [0.25, 0.3) is 0 Å². The highest BCUT2D eigenvalue weighted by Crippen LogP contribution is 2.39. The molecule has 4 nitrogen and oxygen atoms in total. The number of ether oxygens (including phenoxy) is 2. The molecule has 0 aliphatic carbocycles. The fourth-order valence-corrected chi connectivity index (χ4v) is 3.45. The van der Waals surface area contributed by atoms with Gasteiger partial charge in [-0.05, 0) is 49.9 Å². The average Bonchev–Trinajstić information content (AvgIpc) is 2.49. The minimum absolute atomic E-state index is 0.563. The first-order valence-electron chi connectivity index (χ1n) is 7.69. The van der Waals surface area contributed by atoms with Crippen molar-refractivity contribution >= 4 is 11.6 Å². The molecule has 2 unspecified atom stereocenters. The molecule has 2 aliphatic heterocycles. The number of fused-ring (bicyclic) bond motifs is 1. The van der Waals surface area contributed by atoms with E-state index in [0.29, 0.717) is 35.9 Å². The third kappa shape index (κ3) is 3.28. The zero-order valence-corrected chi connectivity index (χ0v) is 13.2. The van der Waals surface area contributed by atoms with Crippen LogP contribution in [-0.2, 0) is 6.54 Å². The van der Waals surface area contributed by atoms with Gasteiger partial charge in [-0.3, -0.25) is 4.90 Å². The van der Waals surface area contributed by atoms with Gasteiger partial charge in [0.15, 0.2) is 11.5 Å². The summed E-state index contributed by atoms with van der Waals surface area (Å²) in [5.74, 6) is 2.05. The van der Waals surface area contributed by atoms with Crippen molar-refractivity contribution in [3.05, 3.63) is 22.7 Å². The molecule has 1 aromatic carbocycles. The maximum Gasteiger partial charge on any atom is 0.179 e. The molecule has 116 valence electrons. The summed E-state index contributed by atoms with van der Waals surface area (Å²) >= 11 is 6.31. The lowest BCUT2D eigenvalue weighted by atomic mass is 9.93. The van der Waals surface area contributed by atoms with Gasteiger partial charge in [-0.25, -0.2) is 0 Å². The quantitative estimate of drug-likeness (QED) is 0.932. The van der Waals surface area contributed by atoms with Crippen LogP contribution in [0.1, 0.15) is 25.3 Å². The number of benzene rings is 1. The third-order valence-electron chi connectivity index (χ3n) is 4.48. The van der Waals surface area contributed by atoms with Crippen molar-refractivity contribution in [1.82, 2.24) is 4.90 Å². The first kappa shape index (κ1) is 14.9. The Labute approximate surface area is 131 Å².